The van der Waals surface area contributed by atoms with Gasteiger partial charge in [0, 0.05) is 28.2 Å². The van der Waals surface area contributed by atoms with E-state index in [1.807, 2.05) is 50.2 Å². The molecule has 6 heteroatoms. The van der Waals surface area contributed by atoms with Crippen molar-refractivity contribution in [3.63, 3.8) is 0 Å². The maximum absolute atomic E-state index is 12.0. The van der Waals surface area contributed by atoms with Crippen LogP contribution in [0.2, 0.25) is 10.0 Å². The molecule has 4 nitrogen and oxygen atoms in total. The fourth-order valence-electron chi connectivity index (χ4n) is 2.75. The Balaban J connectivity index is 1.81. The third-order valence-corrected chi connectivity index (χ3v) is 4.78. The van der Waals surface area contributed by atoms with E-state index in [0.717, 1.165) is 22.6 Å². The number of halogens is 2. The molecule has 0 saturated heterocycles. The molecule has 0 spiro atoms. The maximum Gasteiger partial charge on any atom is 0.271 e. The second kappa shape index (κ2) is 7.77. The minimum atomic E-state index is -0.250. The molecule has 132 valence electrons. The number of hydrogen-bond donors (Lipinski definition) is 1. The molecule has 0 atom stereocenters. The van der Waals surface area contributed by atoms with Crippen LogP contribution in [-0.4, -0.2) is 16.7 Å². The molecule has 1 aromatic heterocycles. The van der Waals surface area contributed by atoms with E-state index in [-0.39, 0.29) is 5.91 Å². The largest absolute Gasteiger partial charge is 0.318 e. The van der Waals surface area contributed by atoms with Gasteiger partial charge in [-0.1, -0.05) is 41.4 Å². The van der Waals surface area contributed by atoms with Crippen LogP contribution in [0.15, 0.2) is 59.7 Å². The van der Waals surface area contributed by atoms with Gasteiger partial charge in [-0.05, 0) is 50.2 Å². The second-order valence-electron chi connectivity index (χ2n) is 5.83. The number of nitrogens with zero attached hydrogens (tertiary/aromatic N) is 2. The topological polar surface area (TPSA) is 46.4 Å². The first-order valence-corrected chi connectivity index (χ1v) is 8.76. The number of aromatic nitrogens is 1. The molecule has 1 N–H and O–H groups in total. The van der Waals surface area contributed by atoms with E-state index in [1.165, 1.54) is 0 Å². The number of aryl methyl sites for hydroxylation is 1. The molecule has 0 fully saturated rings. The van der Waals surface area contributed by atoms with Crippen molar-refractivity contribution >= 4 is 35.3 Å². The molecule has 0 saturated carbocycles. The second-order valence-corrected chi connectivity index (χ2v) is 6.64. The van der Waals surface area contributed by atoms with Crippen LogP contribution in [0.3, 0.4) is 0 Å². The lowest BCUT2D eigenvalue weighted by Gasteiger charge is -2.10. The number of hydrogen-bond acceptors (Lipinski definition) is 2. The van der Waals surface area contributed by atoms with Crippen LogP contribution in [0.1, 0.15) is 27.3 Å². The summed E-state index contributed by atoms with van der Waals surface area (Å²) in [4.78, 5) is 12.0. The molecule has 0 unspecified atom stereocenters. The number of nitrogens with one attached hydrogen (secondary N) is 1. The standard InChI is InChI=1S/C20H17Cl2N3O/c1-13-10-16(12-23-24-20(26)15-6-4-3-5-7-15)14(2)25(13)17-8-9-18(21)19(22)11-17/h3-12H,1-2H3,(H,24,26)/b23-12-. The summed E-state index contributed by atoms with van der Waals surface area (Å²) < 4.78 is 2.06. The van der Waals surface area contributed by atoms with E-state index in [0.29, 0.717) is 15.6 Å². The van der Waals surface area contributed by atoms with E-state index in [1.54, 1.807) is 24.4 Å². The highest BCUT2D eigenvalue weighted by Gasteiger charge is 2.11. The van der Waals surface area contributed by atoms with Crippen molar-refractivity contribution in [1.29, 1.82) is 0 Å². The normalized spacial score (nSPS) is 11.1. The first-order chi connectivity index (χ1) is 12.5. The van der Waals surface area contributed by atoms with Crippen molar-refractivity contribution in [3.05, 3.63) is 87.2 Å². The summed E-state index contributed by atoms with van der Waals surface area (Å²) in [5, 5.41) is 5.09. The van der Waals surface area contributed by atoms with E-state index >= 15 is 0 Å². The van der Waals surface area contributed by atoms with Crippen LogP contribution < -0.4 is 5.43 Å². The minimum absolute atomic E-state index is 0.250. The average molecular weight is 386 g/mol. The van der Waals surface area contributed by atoms with Gasteiger partial charge in [0.1, 0.15) is 0 Å². The van der Waals surface area contributed by atoms with Crippen LogP contribution >= 0.6 is 23.2 Å². The molecular formula is C20H17Cl2N3O. The highest BCUT2D eigenvalue weighted by Crippen LogP contribution is 2.27. The van der Waals surface area contributed by atoms with Gasteiger partial charge in [0.25, 0.3) is 5.91 Å². The van der Waals surface area contributed by atoms with E-state index in [9.17, 15) is 4.79 Å². The Morgan fingerprint density at radius 3 is 2.46 bits per heavy atom. The monoisotopic (exact) mass is 385 g/mol. The van der Waals surface area contributed by atoms with Crippen LogP contribution in [0.4, 0.5) is 0 Å². The Morgan fingerprint density at radius 2 is 1.77 bits per heavy atom. The van der Waals surface area contributed by atoms with Crippen LogP contribution in [0.5, 0.6) is 0 Å². The molecule has 3 aromatic rings. The molecule has 1 amide bonds. The average Bonchev–Trinajstić information content (AvgIpc) is 2.92. The highest BCUT2D eigenvalue weighted by atomic mass is 35.5. The van der Waals surface area contributed by atoms with E-state index in [2.05, 4.69) is 15.1 Å². The Bertz CT molecular complexity index is 978. The molecule has 26 heavy (non-hydrogen) atoms. The zero-order valence-corrected chi connectivity index (χ0v) is 15.8. The number of amides is 1. The first-order valence-electron chi connectivity index (χ1n) is 8.00. The predicted octanol–water partition coefficient (Wildman–Crippen LogP) is 5.16. The van der Waals surface area contributed by atoms with Gasteiger partial charge < -0.3 is 4.57 Å². The third-order valence-electron chi connectivity index (χ3n) is 4.04. The summed E-state index contributed by atoms with van der Waals surface area (Å²) in [5.41, 5.74) is 6.94. The Kier molecular flexibility index (Phi) is 5.45. The summed E-state index contributed by atoms with van der Waals surface area (Å²) in [6, 6.07) is 16.4. The van der Waals surface area contributed by atoms with Crippen molar-refractivity contribution in [2.45, 2.75) is 13.8 Å². The van der Waals surface area contributed by atoms with Gasteiger partial charge in [0.05, 0.1) is 16.3 Å². The Hall–Kier alpha value is -2.56. The third kappa shape index (κ3) is 3.82. The smallest absolute Gasteiger partial charge is 0.271 e. The molecule has 0 aliphatic carbocycles. The van der Waals surface area contributed by atoms with Gasteiger partial charge in [-0.2, -0.15) is 5.10 Å². The first kappa shape index (κ1) is 18.2. The molecule has 2 aromatic carbocycles. The molecule has 0 bridgehead atoms. The van der Waals surface area contributed by atoms with E-state index < -0.39 is 0 Å². The van der Waals surface area contributed by atoms with Gasteiger partial charge in [0.2, 0.25) is 0 Å². The number of carbonyl (C=O) groups is 1. The predicted molar refractivity (Wildman–Crippen MR) is 107 cm³/mol. The van der Waals surface area contributed by atoms with Gasteiger partial charge in [-0.25, -0.2) is 5.43 Å². The molecule has 3 rings (SSSR count). The zero-order chi connectivity index (χ0) is 18.7. The minimum Gasteiger partial charge on any atom is -0.318 e. The maximum atomic E-state index is 12.0. The summed E-state index contributed by atoms with van der Waals surface area (Å²) in [5.74, 6) is -0.250. The van der Waals surface area contributed by atoms with Crippen molar-refractivity contribution in [3.8, 4) is 5.69 Å². The van der Waals surface area contributed by atoms with Crippen molar-refractivity contribution < 1.29 is 4.79 Å². The summed E-state index contributed by atoms with van der Waals surface area (Å²) in [7, 11) is 0. The van der Waals surface area contributed by atoms with Crippen molar-refractivity contribution in [2.24, 2.45) is 5.10 Å². The van der Waals surface area contributed by atoms with Gasteiger partial charge >= 0.3 is 0 Å². The summed E-state index contributed by atoms with van der Waals surface area (Å²) >= 11 is 12.1. The zero-order valence-electron chi connectivity index (χ0n) is 14.3. The molecular weight excluding hydrogens is 369 g/mol. The number of rotatable bonds is 4. The number of benzene rings is 2. The lowest BCUT2D eigenvalue weighted by Crippen LogP contribution is -2.17. The Morgan fingerprint density at radius 1 is 1.04 bits per heavy atom. The molecule has 1 heterocycles. The number of carbonyl (C=O) groups excluding carboxylic acids is 1. The molecule has 0 aliphatic rings. The van der Waals surface area contributed by atoms with Crippen molar-refractivity contribution in [2.75, 3.05) is 0 Å². The number of hydrazone groups is 1. The van der Waals surface area contributed by atoms with Gasteiger partial charge in [0.15, 0.2) is 0 Å². The van der Waals surface area contributed by atoms with Gasteiger partial charge in [-0.15, -0.1) is 0 Å². The van der Waals surface area contributed by atoms with E-state index in [4.69, 9.17) is 23.2 Å². The summed E-state index contributed by atoms with van der Waals surface area (Å²) in [6.45, 7) is 3.98. The van der Waals surface area contributed by atoms with Crippen LogP contribution in [-0.2, 0) is 0 Å². The molecule has 0 aliphatic heterocycles. The lowest BCUT2D eigenvalue weighted by atomic mass is 10.2. The van der Waals surface area contributed by atoms with Crippen LogP contribution in [0, 0.1) is 13.8 Å². The fourth-order valence-corrected chi connectivity index (χ4v) is 3.05. The molecule has 0 radical (unpaired) electrons. The lowest BCUT2D eigenvalue weighted by molar-refractivity contribution is 0.0955. The fraction of sp³-hybridized carbons (Fsp3) is 0.100. The SMILES string of the molecule is Cc1cc(/C=N\NC(=O)c2ccccc2)c(C)n1-c1ccc(Cl)c(Cl)c1. The van der Waals surface area contributed by atoms with Crippen LogP contribution in [0.25, 0.3) is 5.69 Å². The van der Waals surface area contributed by atoms with Gasteiger partial charge in [-0.3, -0.25) is 4.79 Å². The van der Waals surface area contributed by atoms with Crippen molar-refractivity contribution in [1.82, 2.24) is 9.99 Å². The summed E-state index contributed by atoms with van der Waals surface area (Å²) in [6.07, 6.45) is 1.64. The quantitative estimate of drug-likeness (QED) is 0.488. The highest BCUT2D eigenvalue weighted by molar-refractivity contribution is 6.42. The Labute approximate surface area is 162 Å².